The molecule has 0 unspecified atom stereocenters. The SMILES string of the molecule is CC1CC(c2ccc(F)c(N(Cc3cc(C(N)=O)c(=O)n(CC(F)(F)F)c3)C3(C)CCC3)c2)(c2nncn2C)C1. The number of primary amides is 1. The molecule has 0 aliphatic heterocycles. The highest BCUT2D eigenvalue weighted by Gasteiger charge is 2.49. The highest BCUT2D eigenvalue weighted by Crippen LogP contribution is 2.52. The summed E-state index contributed by atoms with van der Waals surface area (Å²) in [6.45, 7) is 2.53. The Kier molecular flexibility index (Phi) is 6.78. The van der Waals surface area contributed by atoms with Crippen LogP contribution in [0.15, 0.2) is 41.6 Å². The lowest BCUT2D eigenvalue weighted by Gasteiger charge is -2.50. The summed E-state index contributed by atoms with van der Waals surface area (Å²) in [5.41, 5.74) is 4.18. The molecule has 2 aliphatic carbocycles. The number of amides is 1. The number of aryl methyl sites for hydroxylation is 1. The van der Waals surface area contributed by atoms with Crippen molar-refractivity contribution >= 4 is 11.6 Å². The van der Waals surface area contributed by atoms with E-state index in [1.807, 2.05) is 23.4 Å². The van der Waals surface area contributed by atoms with Crippen LogP contribution in [0.1, 0.15) is 73.3 Å². The van der Waals surface area contributed by atoms with Crippen LogP contribution in [0.25, 0.3) is 0 Å². The molecule has 2 aliphatic rings. The fourth-order valence-corrected chi connectivity index (χ4v) is 6.39. The summed E-state index contributed by atoms with van der Waals surface area (Å²) < 4.78 is 57.7. The van der Waals surface area contributed by atoms with E-state index in [0.717, 1.165) is 49.7 Å². The first-order valence-corrected chi connectivity index (χ1v) is 13.2. The van der Waals surface area contributed by atoms with Gasteiger partial charge in [-0.2, -0.15) is 13.2 Å². The number of hydrogen-bond acceptors (Lipinski definition) is 5. The van der Waals surface area contributed by atoms with Crippen molar-refractivity contribution in [3.63, 3.8) is 0 Å². The van der Waals surface area contributed by atoms with Crippen LogP contribution >= 0.6 is 0 Å². The Bertz CT molecular complexity index is 1500. The van der Waals surface area contributed by atoms with E-state index in [2.05, 4.69) is 17.1 Å². The van der Waals surface area contributed by atoms with Crippen molar-refractivity contribution in [2.45, 2.75) is 76.2 Å². The van der Waals surface area contributed by atoms with Gasteiger partial charge in [-0.05, 0) is 74.3 Å². The molecule has 2 aromatic heterocycles. The number of alkyl halides is 3. The largest absolute Gasteiger partial charge is 0.406 e. The number of nitrogens with two attached hydrogens (primary N) is 1. The highest BCUT2D eigenvalue weighted by atomic mass is 19.4. The third-order valence-corrected chi connectivity index (χ3v) is 8.50. The second-order valence-electron chi connectivity index (χ2n) is 11.6. The molecule has 3 aromatic rings. The number of nitrogens with zero attached hydrogens (tertiary/aromatic N) is 5. The number of carbonyl (C=O) groups excluding carboxylic acids is 1. The smallest absolute Gasteiger partial charge is 0.365 e. The third-order valence-electron chi connectivity index (χ3n) is 8.50. The zero-order chi connectivity index (χ0) is 29.0. The second kappa shape index (κ2) is 9.74. The molecule has 2 saturated carbocycles. The summed E-state index contributed by atoms with van der Waals surface area (Å²) in [5, 5.41) is 8.43. The molecule has 8 nitrogen and oxygen atoms in total. The predicted octanol–water partition coefficient (Wildman–Crippen LogP) is 4.44. The van der Waals surface area contributed by atoms with E-state index in [9.17, 15) is 22.8 Å². The van der Waals surface area contributed by atoms with Crippen LogP contribution in [0, 0.1) is 11.7 Å². The molecule has 0 spiro atoms. The van der Waals surface area contributed by atoms with Crippen molar-refractivity contribution in [2.24, 2.45) is 18.7 Å². The van der Waals surface area contributed by atoms with E-state index in [4.69, 9.17) is 5.73 Å². The van der Waals surface area contributed by atoms with Crippen LogP contribution in [0.3, 0.4) is 0 Å². The number of pyridine rings is 1. The zero-order valence-electron chi connectivity index (χ0n) is 22.6. The molecule has 2 fully saturated rings. The lowest BCUT2D eigenvalue weighted by Crippen LogP contribution is -2.52. The Hall–Kier alpha value is -3.70. The molecule has 0 radical (unpaired) electrons. The van der Waals surface area contributed by atoms with Gasteiger partial charge in [0.1, 0.15) is 30.1 Å². The van der Waals surface area contributed by atoms with Gasteiger partial charge in [0.25, 0.3) is 11.5 Å². The molecule has 0 atom stereocenters. The predicted molar refractivity (Wildman–Crippen MR) is 140 cm³/mol. The van der Waals surface area contributed by atoms with Crippen LogP contribution in [0.4, 0.5) is 23.2 Å². The van der Waals surface area contributed by atoms with E-state index >= 15 is 4.39 Å². The molecule has 2 heterocycles. The van der Waals surface area contributed by atoms with Crippen molar-refractivity contribution in [1.82, 2.24) is 19.3 Å². The number of anilines is 1. The molecular weight excluding hydrogens is 528 g/mol. The Morgan fingerprint density at radius 2 is 1.93 bits per heavy atom. The van der Waals surface area contributed by atoms with Crippen molar-refractivity contribution < 1.29 is 22.4 Å². The lowest BCUT2D eigenvalue weighted by molar-refractivity contribution is -0.141. The van der Waals surface area contributed by atoms with Crippen molar-refractivity contribution in [3.8, 4) is 0 Å². The van der Waals surface area contributed by atoms with E-state index in [-0.39, 0.29) is 12.1 Å². The van der Waals surface area contributed by atoms with Gasteiger partial charge in [-0.1, -0.05) is 13.0 Å². The summed E-state index contributed by atoms with van der Waals surface area (Å²) in [6.07, 6.45) is 2.05. The summed E-state index contributed by atoms with van der Waals surface area (Å²) in [6, 6.07) is 6.19. The number of hydrogen-bond donors (Lipinski definition) is 1. The first kappa shape index (κ1) is 27.9. The van der Waals surface area contributed by atoms with Gasteiger partial charge in [-0.15, -0.1) is 10.2 Å². The normalized spacial score (nSPS) is 21.9. The standard InChI is InChI=1S/C28H32F4N6O2/c1-17-11-27(12-17,25-35-34-16-36(25)3)19-5-6-21(29)22(10-19)38(26(2)7-4-8-26)14-18-9-20(23(33)39)24(40)37(13-18)15-28(30,31)32/h5-6,9-10,13,16-17H,4,7-8,11-12,14-15H2,1-3H3,(H2,33,39). The van der Waals surface area contributed by atoms with Crippen LogP contribution in [0.5, 0.6) is 0 Å². The zero-order valence-corrected chi connectivity index (χ0v) is 22.6. The average molecular weight is 561 g/mol. The van der Waals surface area contributed by atoms with Gasteiger partial charge in [0.05, 0.1) is 11.1 Å². The molecule has 0 saturated heterocycles. The van der Waals surface area contributed by atoms with E-state index in [0.29, 0.717) is 16.2 Å². The maximum Gasteiger partial charge on any atom is 0.406 e. The molecule has 0 bridgehead atoms. The minimum Gasteiger partial charge on any atom is -0.365 e. The minimum atomic E-state index is -4.69. The molecule has 1 amide bonds. The fourth-order valence-electron chi connectivity index (χ4n) is 6.39. The van der Waals surface area contributed by atoms with Crippen molar-refractivity contribution in [1.29, 1.82) is 0 Å². The average Bonchev–Trinajstić information content (AvgIpc) is 3.26. The van der Waals surface area contributed by atoms with E-state index in [1.165, 1.54) is 12.1 Å². The maximum absolute atomic E-state index is 15.6. The Balaban J connectivity index is 1.61. The molecule has 40 heavy (non-hydrogen) atoms. The highest BCUT2D eigenvalue weighted by molar-refractivity contribution is 5.92. The van der Waals surface area contributed by atoms with Crippen LogP contribution in [-0.4, -0.2) is 37.0 Å². The summed E-state index contributed by atoms with van der Waals surface area (Å²) >= 11 is 0. The van der Waals surface area contributed by atoms with Crippen LogP contribution in [0.2, 0.25) is 0 Å². The number of rotatable bonds is 8. The fraction of sp³-hybridized carbons (Fsp3) is 0.500. The molecular formula is C28H32F4N6O2. The van der Waals surface area contributed by atoms with Gasteiger partial charge >= 0.3 is 6.18 Å². The molecule has 2 N–H and O–H groups in total. The summed E-state index contributed by atoms with van der Waals surface area (Å²) in [4.78, 5) is 26.4. The Morgan fingerprint density at radius 1 is 1.23 bits per heavy atom. The summed E-state index contributed by atoms with van der Waals surface area (Å²) in [7, 11) is 1.87. The number of carbonyl (C=O) groups is 1. The molecule has 1 aromatic carbocycles. The molecule has 5 rings (SSSR count). The first-order chi connectivity index (χ1) is 18.7. The van der Waals surface area contributed by atoms with Crippen LogP contribution in [-0.2, 0) is 25.6 Å². The van der Waals surface area contributed by atoms with Gasteiger partial charge in [-0.25, -0.2) is 4.39 Å². The quantitative estimate of drug-likeness (QED) is 0.411. The van der Waals surface area contributed by atoms with Gasteiger partial charge in [0.2, 0.25) is 0 Å². The summed E-state index contributed by atoms with van der Waals surface area (Å²) in [5.74, 6) is -0.375. The number of benzene rings is 1. The lowest BCUT2D eigenvalue weighted by atomic mass is 9.58. The van der Waals surface area contributed by atoms with Crippen molar-refractivity contribution in [2.75, 3.05) is 4.90 Å². The van der Waals surface area contributed by atoms with E-state index < -0.39 is 46.5 Å². The molecule has 12 heteroatoms. The topological polar surface area (TPSA) is 99.0 Å². The third kappa shape index (κ3) is 4.88. The number of aromatic nitrogens is 4. The van der Waals surface area contributed by atoms with Gasteiger partial charge in [-0.3, -0.25) is 9.59 Å². The van der Waals surface area contributed by atoms with Gasteiger partial charge in [0.15, 0.2) is 0 Å². The number of halogens is 4. The Morgan fingerprint density at radius 3 is 2.45 bits per heavy atom. The van der Waals surface area contributed by atoms with Crippen molar-refractivity contribution in [3.05, 3.63) is 75.5 Å². The van der Waals surface area contributed by atoms with E-state index in [1.54, 1.807) is 18.5 Å². The Labute approximate surface area is 228 Å². The first-order valence-electron chi connectivity index (χ1n) is 13.2. The van der Waals surface area contributed by atoms with Gasteiger partial charge < -0.3 is 19.8 Å². The van der Waals surface area contributed by atoms with Gasteiger partial charge in [0, 0.05) is 25.3 Å². The molecule has 214 valence electrons. The monoisotopic (exact) mass is 560 g/mol. The van der Waals surface area contributed by atoms with Crippen LogP contribution < -0.4 is 16.2 Å². The second-order valence-corrected chi connectivity index (χ2v) is 11.6. The minimum absolute atomic E-state index is 0.0251. The maximum atomic E-state index is 15.6.